The highest BCUT2D eigenvalue weighted by molar-refractivity contribution is 7.89. The number of carbonyl (C=O) groups excluding carboxylic acids is 1. The van der Waals surface area contributed by atoms with Gasteiger partial charge in [-0.25, -0.2) is 12.7 Å². The molecule has 1 aliphatic heterocycles. The van der Waals surface area contributed by atoms with Gasteiger partial charge in [-0.15, -0.1) is 0 Å². The van der Waals surface area contributed by atoms with Crippen molar-refractivity contribution >= 4 is 21.6 Å². The van der Waals surface area contributed by atoms with Crippen LogP contribution in [0.4, 0.5) is 5.69 Å². The average molecular weight is 338 g/mol. The van der Waals surface area contributed by atoms with E-state index in [2.05, 4.69) is 5.32 Å². The van der Waals surface area contributed by atoms with E-state index in [-0.39, 0.29) is 17.6 Å². The largest absolute Gasteiger partial charge is 0.326 e. The lowest BCUT2D eigenvalue weighted by Crippen LogP contribution is -2.42. The Bertz CT molecular complexity index is 635. The van der Waals surface area contributed by atoms with Crippen LogP contribution in [0.15, 0.2) is 24.3 Å². The second-order valence-electron chi connectivity index (χ2n) is 6.20. The molecule has 1 aromatic carbocycles. The lowest BCUT2D eigenvalue weighted by atomic mass is 9.97. The van der Waals surface area contributed by atoms with Crippen LogP contribution < -0.4 is 5.32 Å². The lowest BCUT2D eigenvalue weighted by Gasteiger charge is -2.30. The number of carbonyl (C=O) groups is 1. The molecule has 0 aliphatic carbocycles. The fraction of sp³-hybridized carbons (Fsp3) is 0.588. The number of nitrogens with zero attached hydrogens (tertiary/aromatic N) is 1. The zero-order valence-electron chi connectivity index (χ0n) is 13.9. The molecule has 1 saturated heterocycles. The number of sulfonamides is 1. The van der Waals surface area contributed by atoms with E-state index < -0.39 is 10.0 Å². The summed E-state index contributed by atoms with van der Waals surface area (Å²) in [5.74, 6) is 0.0817. The number of hydrogen-bond acceptors (Lipinski definition) is 3. The number of rotatable bonds is 6. The lowest BCUT2D eigenvalue weighted by molar-refractivity contribution is -0.120. The van der Waals surface area contributed by atoms with Gasteiger partial charge < -0.3 is 5.32 Å². The van der Waals surface area contributed by atoms with Gasteiger partial charge in [0.05, 0.1) is 5.75 Å². The van der Waals surface area contributed by atoms with Crippen molar-refractivity contribution in [2.75, 3.05) is 24.2 Å². The van der Waals surface area contributed by atoms with Gasteiger partial charge in [0.15, 0.2) is 0 Å². The fourth-order valence-electron chi connectivity index (χ4n) is 2.82. The predicted octanol–water partition coefficient (Wildman–Crippen LogP) is 2.78. The Hall–Kier alpha value is -1.40. The van der Waals surface area contributed by atoms with Crippen LogP contribution in [0.1, 0.15) is 38.2 Å². The van der Waals surface area contributed by atoms with Gasteiger partial charge in [0, 0.05) is 24.7 Å². The summed E-state index contributed by atoms with van der Waals surface area (Å²) in [6.45, 7) is 4.85. The molecule has 0 radical (unpaired) electrons. The zero-order valence-corrected chi connectivity index (χ0v) is 14.7. The van der Waals surface area contributed by atoms with E-state index in [0.29, 0.717) is 32.4 Å². The van der Waals surface area contributed by atoms with E-state index >= 15 is 0 Å². The van der Waals surface area contributed by atoms with Gasteiger partial charge in [-0.3, -0.25) is 4.79 Å². The molecule has 128 valence electrons. The molecular formula is C17H26N2O3S. The van der Waals surface area contributed by atoms with Crippen molar-refractivity contribution in [2.45, 2.75) is 39.5 Å². The first-order chi connectivity index (χ1) is 10.9. The van der Waals surface area contributed by atoms with Crippen molar-refractivity contribution in [3.63, 3.8) is 0 Å². The van der Waals surface area contributed by atoms with Crippen molar-refractivity contribution in [3.8, 4) is 0 Å². The smallest absolute Gasteiger partial charge is 0.227 e. The minimum atomic E-state index is -3.16. The molecule has 6 heteroatoms. The maximum atomic E-state index is 12.3. The topological polar surface area (TPSA) is 66.5 Å². The summed E-state index contributed by atoms with van der Waals surface area (Å²) < 4.78 is 25.9. The van der Waals surface area contributed by atoms with Crippen molar-refractivity contribution in [1.82, 2.24) is 4.31 Å². The summed E-state index contributed by atoms with van der Waals surface area (Å²) in [6.07, 6.45) is 2.73. The first-order valence-electron chi connectivity index (χ1n) is 8.27. The van der Waals surface area contributed by atoms with Crippen LogP contribution in [0, 0.1) is 12.8 Å². The van der Waals surface area contributed by atoms with E-state index in [1.807, 2.05) is 38.1 Å². The summed E-state index contributed by atoms with van der Waals surface area (Å²) >= 11 is 0. The minimum Gasteiger partial charge on any atom is -0.326 e. The molecule has 0 bridgehead atoms. The molecule has 1 fully saturated rings. The van der Waals surface area contributed by atoms with Gasteiger partial charge in [-0.2, -0.15) is 0 Å². The number of anilines is 1. The maximum Gasteiger partial charge on any atom is 0.227 e. The van der Waals surface area contributed by atoms with Crippen LogP contribution in [0.2, 0.25) is 0 Å². The quantitative estimate of drug-likeness (QED) is 0.867. The van der Waals surface area contributed by atoms with Crippen molar-refractivity contribution in [3.05, 3.63) is 29.8 Å². The molecule has 0 spiro atoms. The third kappa shape index (κ3) is 5.04. The summed E-state index contributed by atoms with van der Waals surface area (Å²) in [5, 5.41) is 2.93. The molecule has 1 amide bonds. The number of nitrogens with one attached hydrogen (secondary N) is 1. The summed E-state index contributed by atoms with van der Waals surface area (Å²) in [5.41, 5.74) is 1.90. The van der Waals surface area contributed by atoms with Crippen molar-refractivity contribution < 1.29 is 13.2 Å². The Morgan fingerprint density at radius 3 is 2.61 bits per heavy atom. The van der Waals surface area contributed by atoms with E-state index in [9.17, 15) is 13.2 Å². The molecule has 2 rings (SSSR count). The number of amides is 1. The molecular weight excluding hydrogens is 312 g/mol. The third-order valence-corrected chi connectivity index (χ3v) is 6.22. The maximum absolute atomic E-state index is 12.3. The first-order valence-corrected chi connectivity index (χ1v) is 9.88. The van der Waals surface area contributed by atoms with E-state index in [0.717, 1.165) is 17.7 Å². The Morgan fingerprint density at radius 2 is 2.00 bits per heavy atom. The van der Waals surface area contributed by atoms with Gasteiger partial charge in [-0.1, -0.05) is 25.5 Å². The predicted molar refractivity (Wildman–Crippen MR) is 92.8 cm³/mol. The number of piperidine rings is 1. The Labute approximate surface area is 139 Å². The standard InChI is InChI=1S/C17H26N2O3S/c1-3-4-12-23(21,22)19-10-8-15(9-11-19)17(20)18-16-7-5-6-14(2)13-16/h5-7,13,15H,3-4,8-12H2,1-2H3,(H,18,20). The molecule has 0 unspecified atom stereocenters. The van der Waals surface area contributed by atoms with Crippen LogP contribution in [-0.2, 0) is 14.8 Å². The second kappa shape index (κ2) is 7.93. The molecule has 1 N–H and O–H groups in total. The Balaban J connectivity index is 1.87. The number of aryl methyl sites for hydroxylation is 1. The zero-order chi connectivity index (χ0) is 16.9. The summed E-state index contributed by atoms with van der Waals surface area (Å²) in [7, 11) is -3.16. The monoisotopic (exact) mass is 338 g/mol. The van der Waals surface area contributed by atoms with Gasteiger partial charge in [0.2, 0.25) is 15.9 Å². The highest BCUT2D eigenvalue weighted by atomic mass is 32.2. The Kier molecular flexibility index (Phi) is 6.18. The number of unbranched alkanes of at least 4 members (excludes halogenated alkanes) is 1. The molecule has 0 aromatic heterocycles. The normalized spacial score (nSPS) is 17.1. The van der Waals surface area contributed by atoms with Crippen molar-refractivity contribution in [2.24, 2.45) is 5.92 Å². The van der Waals surface area contributed by atoms with Gasteiger partial charge in [0.25, 0.3) is 0 Å². The molecule has 0 atom stereocenters. The third-order valence-electron chi connectivity index (χ3n) is 4.26. The van der Waals surface area contributed by atoms with E-state index in [1.165, 1.54) is 0 Å². The number of benzene rings is 1. The number of hydrogen-bond donors (Lipinski definition) is 1. The molecule has 23 heavy (non-hydrogen) atoms. The van der Waals surface area contributed by atoms with Gasteiger partial charge in [-0.05, 0) is 43.9 Å². The van der Waals surface area contributed by atoms with Crippen LogP contribution in [0.25, 0.3) is 0 Å². The highest BCUT2D eigenvalue weighted by Gasteiger charge is 2.30. The molecule has 1 aromatic rings. The average Bonchev–Trinajstić information content (AvgIpc) is 2.53. The minimum absolute atomic E-state index is 0.0128. The SMILES string of the molecule is CCCCS(=O)(=O)N1CCC(C(=O)Nc2cccc(C)c2)CC1. The van der Waals surface area contributed by atoms with E-state index in [4.69, 9.17) is 0 Å². The highest BCUT2D eigenvalue weighted by Crippen LogP contribution is 2.22. The molecule has 5 nitrogen and oxygen atoms in total. The van der Waals surface area contributed by atoms with Crippen LogP contribution in [0.3, 0.4) is 0 Å². The Morgan fingerprint density at radius 1 is 1.30 bits per heavy atom. The van der Waals surface area contributed by atoms with Crippen LogP contribution in [0.5, 0.6) is 0 Å². The van der Waals surface area contributed by atoms with E-state index in [1.54, 1.807) is 4.31 Å². The summed E-state index contributed by atoms with van der Waals surface area (Å²) in [4.78, 5) is 12.3. The second-order valence-corrected chi connectivity index (χ2v) is 8.29. The molecule has 1 aliphatic rings. The van der Waals surface area contributed by atoms with Gasteiger partial charge >= 0.3 is 0 Å². The van der Waals surface area contributed by atoms with Gasteiger partial charge in [0.1, 0.15) is 0 Å². The molecule has 0 saturated carbocycles. The fourth-order valence-corrected chi connectivity index (χ4v) is 4.50. The van der Waals surface area contributed by atoms with Crippen molar-refractivity contribution in [1.29, 1.82) is 0 Å². The van der Waals surface area contributed by atoms with Crippen LogP contribution in [-0.4, -0.2) is 37.5 Å². The van der Waals surface area contributed by atoms with Crippen LogP contribution >= 0.6 is 0 Å². The summed E-state index contributed by atoms with van der Waals surface area (Å²) in [6, 6.07) is 7.70. The molecule has 1 heterocycles. The first kappa shape index (κ1) is 17.9.